The average molecular weight is 308 g/mol. The van der Waals surface area contributed by atoms with Crippen LogP contribution in [0.25, 0.3) is 0 Å². The van der Waals surface area contributed by atoms with Crippen LogP contribution in [0.5, 0.6) is 0 Å². The summed E-state index contributed by atoms with van der Waals surface area (Å²) in [6, 6.07) is 6.09. The molecule has 0 saturated heterocycles. The minimum absolute atomic E-state index is 0.00351. The summed E-state index contributed by atoms with van der Waals surface area (Å²) in [6.07, 6.45) is 0.897. The van der Waals surface area contributed by atoms with Crippen LogP contribution in [0.2, 0.25) is 0 Å². The lowest BCUT2D eigenvalue weighted by molar-refractivity contribution is -0.117. The highest BCUT2D eigenvalue weighted by Gasteiger charge is 2.13. The number of rotatable bonds is 10. The van der Waals surface area contributed by atoms with Crippen molar-refractivity contribution in [2.75, 3.05) is 52.4 Å². The average Bonchev–Trinajstić information content (AvgIpc) is 2.51. The van der Waals surface area contributed by atoms with E-state index < -0.39 is 0 Å². The molecular weight excluding hydrogens is 280 g/mol. The molecule has 0 fully saturated rings. The lowest BCUT2D eigenvalue weighted by Crippen LogP contribution is -2.37. The Morgan fingerprint density at radius 1 is 1.18 bits per heavy atom. The molecule has 0 radical (unpaired) electrons. The molecule has 1 amide bonds. The van der Waals surface area contributed by atoms with Crippen LogP contribution in [0.1, 0.15) is 18.1 Å². The predicted molar refractivity (Wildman–Crippen MR) is 89.4 cm³/mol. The Kier molecular flexibility index (Phi) is 8.74. The summed E-state index contributed by atoms with van der Waals surface area (Å²) in [5, 5.41) is 3.05. The number of para-hydroxylation sites is 1. The molecule has 0 aliphatic heterocycles. The van der Waals surface area contributed by atoms with Crippen LogP contribution < -0.4 is 5.32 Å². The van der Waals surface area contributed by atoms with Gasteiger partial charge in [0.25, 0.3) is 0 Å². The van der Waals surface area contributed by atoms with E-state index >= 15 is 0 Å². The first kappa shape index (κ1) is 18.6. The van der Waals surface area contributed by atoms with Gasteiger partial charge in [-0.15, -0.1) is 0 Å². The van der Waals surface area contributed by atoms with Crippen molar-refractivity contribution in [3.05, 3.63) is 29.3 Å². The summed E-state index contributed by atoms with van der Waals surface area (Å²) in [5.41, 5.74) is 3.19. The zero-order valence-corrected chi connectivity index (χ0v) is 14.1. The van der Waals surface area contributed by atoms with Crippen LogP contribution >= 0.6 is 0 Å². The topological polar surface area (TPSA) is 50.8 Å². The number of carbonyl (C=O) groups is 1. The molecule has 0 bridgehead atoms. The Morgan fingerprint density at radius 3 is 2.36 bits per heavy atom. The number of benzene rings is 1. The number of nitrogens with zero attached hydrogens (tertiary/aromatic N) is 1. The van der Waals surface area contributed by atoms with E-state index in [-0.39, 0.29) is 5.91 Å². The van der Waals surface area contributed by atoms with Gasteiger partial charge in [0.05, 0.1) is 19.8 Å². The fourth-order valence-corrected chi connectivity index (χ4v) is 2.29. The zero-order valence-electron chi connectivity index (χ0n) is 14.1. The lowest BCUT2D eigenvalue weighted by atomic mass is 10.1. The maximum atomic E-state index is 12.3. The second-order valence-corrected chi connectivity index (χ2v) is 5.27. The monoisotopic (exact) mass is 308 g/mol. The number of hydrogen-bond donors (Lipinski definition) is 1. The fourth-order valence-electron chi connectivity index (χ4n) is 2.29. The van der Waals surface area contributed by atoms with Crippen molar-refractivity contribution in [2.45, 2.75) is 20.3 Å². The van der Waals surface area contributed by atoms with Crippen molar-refractivity contribution < 1.29 is 14.3 Å². The highest BCUT2D eigenvalue weighted by atomic mass is 16.5. The van der Waals surface area contributed by atoms with E-state index in [0.29, 0.717) is 32.8 Å². The molecule has 22 heavy (non-hydrogen) atoms. The van der Waals surface area contributed by atoms with Gasteiger partial charge in [-0.1, -0.05) is 25.1 Å². The van der Waals surface area contributed by atoms with Crippen LogP contribution in [0.15, 0.2) is 18.2 Å². The normalized spacial score (nSPS) is 11.0. The summed E-state index contributed by atoms with van der Waals surface area (Å²) in [4.78, 5) is 14.4. The molecular formula is C17H28N2O3. The van der Waals surface area contributed by atoms with E-state index in [2.05, 4.69) is 18.3 Å². The summed E-state index contributed by atoms with van der Waals surface area (Å²) < 4.78 is 10.2. The van der Waals surface area contributed by atoms with Gasteiger partial charge < -0.3 is 14.8 Å². The SMILES string of the molecule is CCc1cccc(C)c1NC(=O)CN(CCOC)CCOC. The van der Waals surface area contributed by atoms with Gasteiger partial charge >= 0.3 is 0 Å². The maximum Gasteiger partial charge on any atom is 0.238 e. The first-order valence-electron chi connectivity index (χ1n) is 7.70. The minimum Gasteiger partial charge on any atom is -0.383 e. The van der Waals surface area contributed by atoms with Gasteiger partial charge in [0.2, 0.25) is 5.91 Å². The van der Waals surface area contributed by atoms with E-state index in [4.69, 9.17) is 9.47 Å². The van der Waals surface area contributed by atoms with Crippen molar-refractivity contribution in [3.63, 3.8) is 0 Å². The van der Waals surface area contributed by atoms with E-state index in [0.717, 1.165) is 23.2 Å². The number of aryl methyl sites for hydroxylation is 2. The first-order valence-corrected chi connectivity index (χ1v) is 7.70. The lowest BCUT2D eigenvalue weighted by Gasteiger charge is -2.21. The van der Waals surface area contributed by atoms with E-state index in [9.17, 15) is 4.79 Å². The third-order valence-corrected chi connectivity index (χ3v) is 3.59. The third kappa shape index (κ3) is 6.13. The van der Waals surface area contributed by atoms with Gasteiger partial charge in [-0.2, -0.15) is 0 Å². The van der Waals surface area contributed by atoms with Gasteiger partial charge in [0.15, 0.2) is 0 Å². The summed E-state index contributed by atoms with van der Waals surface area (Å²) in [7, 11) is 3.32. The Labute approximate surface area is 133 Å². The number of ether oxygens (including phenoxy) is 2. The highest BCUT2D eigenvalue weighted by Crippen LogP contribution is 2.20. The number of hydrogen-bond acceptors (Lipinski definition) is 4. The molecule has 5 nitrogen and oxygen atoms in total. The second-order valence-electron chi connectivity index (χ2n) is 5.27. The van der Waals surface area contributed by atoms with E-state index in [1.54, 1.807) is 14.2 Å². The predicted octanol–water partition coefficient (Wildman–Crippen LogP) is 2.09. The van der Waals surface area contributed by atoms with Crippen LogP contribution in [0, 0.1) is 6.92 Å². The Bertz CT molecular complexity index is 455. The molecule has 124 valence electrons. The van der Waals surface area contributed by atoms with E-state index in [1.807, 2.05) is 24.0 Å². The van der Waals surface area contributed by atoms with Crippen LogP contribution in [0.3, 0.4) is 0 Å². The summed E-state index contributed by atoms with van der Waals surface area (Å²) in [5.74, 6) is -0.00351. The largest absolute Gasteiger partial charge is 0.383 e. The van der Waals surface area contributed by atoms with Crippen molar-refractivity contribution in [1.82, 2.24) is 4.90 Å². The first-order chi connectivity index (χ1) is 10.6. The number of amides is 1. The molecule has 1 aromatic carbocycles. The quantitative estimate of drug-likeness (QED) is 0.719. The Hall–Kier alpha value is -1.43. The molecule has 0 heterocycles. The fraction of sp³-hybridized carbons (Fsp3) is 0.588. The molecule has 0 aliphatic carbocycles. The molecule has 0 spiro atoms. The van der Waals surface area contributed by atoms with Gasteiger partial charge in [-0.25, -0.2) is 0 Å². The van der Waals surface area contributed by atoms with Crippen molar-refractivity contribution in [1.29, 1.82) is 0 Å². The molecule has 0 atom stereocenters. The molecule has 5 heteroatoms. The standard InChI is InChI=1S/C17H28N2O3/c1-5-15-8-6-7-14(2)17(15)18-16(20)13-19(9-11-21-3)10-12-22-4/h6-8H,5,9-13H2,1-4H3,(H,18,20). The van der Waals surface area contributed by atoms with Crippen molar-refractivity contribution in [2.24, 2.45) is 0 Å². The van der Waals surface area contributed by atoms with E-state index in [1.165, 1.54) is 0 Å². The van der Waals surface area contributed by atoms with Crippen molar-refractivity contribution >= 4 is 11.6 Å². The molecule has 1 aromatic rings. The van der Waals surface area contributed by atoms with Crippen molar-refractivity contribution in [3.8, 4) is 0 Å². The number of carbonyl (C=O) groups excluding carboxylic acids is 1. The van der Waals surface area contributed by atoms with Gasteiger partial charge in [0.1, 0.15) is 0 Å². The van der Waals surface area contributed by atoms with Crippen LogP contribution in [-0.2, 0) is 20.7 Å². The molecule has 0 unspecified atom stereocenters. The molecule has 1 rings (SSSR count). The number of methoxy groups -OCH3 is 2. The smallest absolute Gasteiger partial charge is 0.238 e. The Morgan fingerprint density at radius 2 is 1.82 bits per heavy atom. The zero-order chi connectivity index (χ0) is 16.4. The molecule has 1 N–H and O–H groups in total. The van der Waals surface area contributed by atoms with Gasteiger partial charge in [0, 0.05) is 33.0 Å². The van der Waals surface area contributed by atoms with Gasteiger partial charge in [-0.3, -0.25) is 9.69 Å². The summed E-state index contributed by atoms with van der Waals surface area (Å²) >= 11 is 0. The molecule has 0 aromatic heterocycles. The highest BCUT2D eigenvalue weighted by molar-refractivity contribution is 5.93. The number of anilines is 1. The minimum atomic E-state index is -0.00351. The van der Waals surface area contributed by atoms with Gasteiger partial charge in [-0.05, 0) is 24.5 Å². The van der Waals surface area contributed by atoms with Crippen LogP contribution in [0.4, 0.5) is 5.69 Å². The second kappa shape index (κ2) is 10.3. The van der Waals surface area contributed by atoms with Crippen LogP contribution in [-0.4, -0.2) is 57.9 Å². The number of nitrogens with one attached hydrogen (secondary N) is 1. The third-order valence-electron chi connectivity index (χ3n) is 3.59. The Balaban J connectivity index is 2.66. The maximum absolute atomic E-state index is 12.3. The molecule has 0 aliphatic rings. The molecule has 0 saturated carbocycles. The summed E-state index contributed by atoms with van der Waals surface area (Å²) in [6.45, 7) is 7.06.